The van der Waals surface area contributed by atoms with Crippen molar-refractivity contribution in [3.05, 3.63) is 35.6 Å². The van der Waals surface area contributed by atoms with Crippen LogP contribution in [-0.2, 0) is 6.42 Å². The molecule has 122 valence electrons. The van der Waals surface area contributed by atoms with Gasteiger partial charge in [-0.15, -0.1) is 0 Å². The van der Waals surface area contributed by atoms with Gasteiger partial charge >= 0.3 is 0 Å². The lowest BCUT2D eigenvalue weighted by Crippen LogP contribution is -2.34. The first-order chi connectivity index (χ1) is 11.0. The summed E-state index contributed by atoms with van der Waals surface area (Å²) in [4.78, 5) is 12.0. The summed E-state index contributed by atoms with van der Waals surface area (Å²) < 4.78 is 10.6. The predicted octanol–water partition coefficient (Wildman–Crippen LogP) is 2.02. The van der Waals surface area contributed by atoms with Crippen LogP contribution in [0.3, 0.4) is 0 Å². The molecule has 0 radical (unpaired) electrons. The molecule has 1 aromatic carbocycles. The van der Waals surface area contributed by atoms with Gasteiger partial charge in [0.25, 0.3) is 5.91 Å². The largest absolute Gasteiger partial charge is 0.493 e. The number of hydrogen-bond acceptors (Lipinski definition) is 5. The smallest absolute Gasteiger partial charge is 0.290 e. The van der Waals surface area contributed by atoms with Gasteiger partial charge in [-0.3, -0.25) is 4.79 Å². The molecule has 3 rings (SSSR count). The predicted molar refractivity (Wildman–Crippen MR) is 84.3 cm³/mol. The van der Waals surface area contributed by atoms with Gasteiger partial charge in [0.05, 0.1) is 12.7 Å². The second-order valence-corrected chi connectivity index (χ2v) is 6.02. The van der Waals surface area contributed by atoms with Gasteiger partial charge in [0.2, 0.25) is 5.76 Å². The molecule has 1 unspecified atom stereocenters. The van der Waals surface area contributed by atoms with Gasteiger partial charge in [-0.2, -0.15) is 0 Å². The van der Waals surface area contributed by atoms with E-state index < -0.39 is 6.10 Å². The van der Waals surface area contributed by atoms with Crippen molar-refractivity contribution in [1.82, 2.24) is 10.5 Å². The molecule has 1 aliphatic rings. The lowest BCUT2D eigenvalue weighted by molar-refractivity contribution is 0.0839. The normalized spacial score (nSPS) is 14.4. The van der Waals surface area contributed by atoms with Crippen LogP contribution in [0, 0.1) is 5.92 Å². The Morgan fingerprint density at radius 2 is 2.22 bits per heavy atom. The lowest BCUT2D eigenvalue weighted by atomic mass is 10.1. The fraction of sp³-hybridized carbons (Fsp3) is 0.412. The highest BCUT2D eigenvalue weighted by molar-refractivity contribution is 5.92. The summed E-state index contributed by atoms with van der Waals surface area (Å²) in [5.41, 5.74) is 2.63. The third-order valence-electron chi connectivity index (χ3n) is 3.96. The number of nitrogens with one attached hydrogen (secondary N) is 1. The van der Waals surface area contributed by atoms with Crippen molar-refractivity contribution in [2.24, 2.45) is 5.92 Å². The molecule has 0 fully saturated rings. The number of hydrogen-bond donors (Lipinski definition) is 2. The van der Waals surface area contributed by atoms with Crippen LogP contribution in [0.1, 0.15) is 30.0 Å². The average Bonchev–Trinajstić information content (AvgIpc) is 3.19. The molecule has 6 nitrogen and oxygen atoms in total. The molecule has 1 aromatic heterocycles. The summed E-state index contributed by atoms with van der Waals surface area (Å²) in [7, 11) is 0. The summed E-state index contributed by atoms with van der Waals surface area (Å²) in [6.07, 6.45) is 0.291. The van der Waals surface area contributed by atoms with Crippen molar-refractivity contribution >= 4 is 5.91 Å². The number of amides is 1. The monoisotopic (exact) mass is 316 g/mol. The number of benzene rings is 1. The van der Waals surface area contributed by atoms with Crippen LogP contribution in [-0.4, -0.2) is 35.4 Å². The van der Waals surface area contributed by atoms with Gasteiger partial charge in [0.15, 0.2) is 0 Å². The molecule has 2 heterocycles. The van der Waals surface area contributed by atoms with Crippen LogP contribution in [0.25, 0.3) is 11.3 Å². The maximum absolute atomic E-state index is 12.0. The first-order valence-corrected chi connectivity index (χ1v) is 7.73. The van der Waals surface area contributed by atoms with Crippen molar-refractivity contribution < 1.29 is 19.2 Å². The molecule has 1 amide bonds. The second kappa shape index (κ2) is 6.42. The zero-order chi connectivity index (χ0) is 16.4. The highest BCUT2D eigenvalue weighted by Crippen LogP contribution is 2.30. The lowest BCUT2D eigenvalue weighted by Gasteiger charge is -2.14. The Morgan fingerprint density at radius 1 is 1.39 bits per heavy atom. The average molecular weight is 316 g/mol. The van der Waals surface area contributed by atoms with Gasteiger partial charge < -0.3 is 19.7 Å². The summed E-state index contributed by atoms with van der Waals surface area (Å²) in [6.45, 7) is 4.66. The summed E-state index contributed by atoms with van der Waals surface area (Å²) >= 11 is 0. The molecule has 0 saturated heterocycles. The highest BCUT2D eigenvalue weighted by Gasteiger charge is 2.18. The Labute approximate surface area is 134 Å². The fourth-order valence-corrected chi connectivity index (χ4v) is 2.38. The van der Waals surface area contributed by atoms with E-state index in [2.05, 4.69) is 10.5 Å². The topological polar surface area (TPSA) is 84.6 Å². The first kappa shape index (κ1) is 15.6. The van der Waals surface area contributed by atoms with Gasteiger partial charge in [-0.05, 0) is 29.7 Å². The molecule has 2 aromatic rings. The van der Waals surface area contributed by atoms with E-state index >= 15 is 0 Å². The van der Waals surface area contributed by atoms with Crippen LogP contribution in [0.4, 0.5) is 0 Å². The molecule has 1 aliphatic heterocycles. The standard InChI is InChI=1S/C17H20N2O4/c1-10(2)14(20)9-18-17(21)16-8-13(19-23-16)11-3-4-15-12(7-11)5-6-22-15/h3-4,7-8,10,14,20H,5-6,9H2,1-2H3,(H,18,21). The zero-order valence-electron chi connectivity index (χ0n) is 13.2. The molecule has 0 spiro atoms. The van der Waals surface area contributed by atoms with Crippen LogP contribution < -0.4 is 10.1 Å². The first-order valence-electron chi connectivity index (χ1n) is 7.73. The second-order valence-electron chi connectivity index (χ2n) is 6.02. The fourth-order valence-electron chi connectivity index (χ4n) is 2.38. The Bertz CT molecular complexity index is 708. The van der Waals surface area contributed by atoms with E-state index in [0.29, 0.717) is 12.3 Å². The van der Waals surface area contributed by atoms with Crippen molar-refractivity contribution in [3.63, 3.8) is 0 Å². The number of aliphatic hydroxyl groups excluding tert-OH is 1. The van der Waals surface area contributed by atoms with Crippen molar-refractivity contribution in [3.8, 4) is 17.0 Å². The van der Waals surface area contributed by atoms with Crippen molar-refractivity contribution in [2.45, 2.75) is 26.4 Å². The quantitative estimate of drug-likeness (QED) is 0.881. The number of aliphatic hydroxyl groups is 1. The summed E-state index contributed by atoms with van der Waals surface area (Å²) in [5.74, 6) is 0.729. The number of fused-ring (bicyclic) bond motifs is 1. The molecule has 0 saturated carbocycles. The Morgan fingerprint density at radius 3 is 3.00 bits per heavy atom. The summed E-state index contributed by atoms with van der Waals surface area (Å²) in [6, 6.07) is 7.41. The minimum Gasteiger partial charge on any atom is -0.493 e. The third kappa shape index (κ3) is 3.37. The Balaban J connectivity index is 1.69. The van der Waals surface area contributed by atoms with E-state index in [1.54, 1.807) is 6.07 Å². The molecule has 0 bridgehead atoms. The molecule has 6 heteroatoms. The third-order valence-corrected chi connectivity index (χ3v) is 3.96. The van der Waals surface area contributed by atoms with Crippen LogP contribution >= 0.6 is 0 Å². The summed E-state index contributed by atoms with van der Waals surface area (Å²) in [5, 5.41) is 16.3. The van der Waals surface area contributed by atoms with Gasteiger partial charge in [-0.1, -0.05) is 19.0 Å². The minimum atomic E-state index is -0.585. The van der Waals surface area contributed by atoms with Crippen molar-refractivity contribution in [1.29, 1.82) is 0 Å². The molecular formula is C17H20N2O4. The molecular weight excluding hydrogens is 296 g/mol. The number of nitrogens with zero attached hydrogens (tertiary/aromatic N) is 1. The van der Waals surface area contributed by atoms with E-state index in [1.165, 1.54) is 0 Å². The van der Waals surface area contributed by atoms with Crippen LogP contribution in [0.5, 0.6) is 5.75 Å². The SMILES string of the molecule is CC(C)C(O)CNC(=O)c1cc(-c2ccc3c(c2)CCO3)no1. The van der Waals surface area contributed by atoms with E-state index in [0.717, 1.165) is 23.3 Å². The van der Waals surface area contributed by atoms with Gasteiger partial charge in [-0.25, -0.2) is 0 Å². The maximum atomic E-state index is 12.0. The van der Waals surface area contributed by atoms with Crippen LogP contribution in [0.15, 0.2) is 28.8 Å². The molecule has 1 atom stereocenters. The van der Waals surface area contributed by atoms with E-state index in [9.17, 15) is 9.90 Å². The van der Waals surface area contributed by atoms with Gasteiger partial charge in [0.1, 0.15) is 11.4 Å². The molecule has 23 heavy (non-hydrogen) atoms. The van der Waals surface area contributed by atoms with Crippen molar-refractivity contribution in [2.75, 3.05) is 13.2 Å². The van der Waals surface area contributed by atoms with E-state index in [1.807, 2.05) is 32.0 Å². The highest BCUT2D eigenvalue weighted by atomic mass is 16.5. The number of ether oxygens (including phenoxy) is 1. The van der Waals surface area contributed by atoms with Crippen LogP contribution in [0.2, 0.25) is 0 Å². The molecule has 0 aliphatic carbocycles. The number of carbonyl (C=O) groups is 1. The Hall–Kier alpha value is -2.34. The van der Waals surface area contributed by atoms with E-state index in [4.69, 9.17) is 9.26 Å². The maximum Gasteiger partial charge on any atom is 0.290 e. The number of carbonyl (C=O) groups excluding carboxylic acids is 1. The zero-order valence-corrected chi connectivity index (χ0v) is 13.2. The van der Waals surface area contributed by atoms with E-state index in [-0.39, 0.29) is 24.1 Å². The Kier molecular flexibility index (Phi) is 4.34. The number of rotatable bonds is 5. The molecule has 2 N–H and O–H groups in total. The number of aromatic nitrogens is 1. The van der Waals surface area contributed by atoms with Gasteiger partial charge in [0, 0.05) is 24.6 Å². The minimum absolute atomic E-state index is 0.0780.